The first-order chi connectivity index (χ1) is 11.7. The standard InChI is InChI=1S/C19H25N3O2/c1-3-17-9-10-18(24-17)19(23)20-15-5-7-16(8-6-15)22-13-11-21(4-2)12-14-22/h5-10H,3-4,11-14H2,1-2H3,(H,20,23). The maximum Gasteiger partial charge on any atom is 0.291 e. The number of hydrogen-bond acceptors (Lipinski definition) is 4. The largest absolute Gasteiger partial charge is 0.456 e. The summed E-state index contributed by atoms with van der Waals surface area (Å²) in [7, 11) is 0. The smallest absolute Gasteiger partial charge is 0.291 e. The number of nitrogens with one attached hydrogen (secondary N) is 1. The first kappa shape index (κ1) is 16.6. The molecule has 1 fully saturated rings. The van der Waals surface area contributed by atoms with Crippen molar-refractivity contribution in [3.05, 3.63) is 47.9 Å². The number of aryl methyl sites for hydroxylation is 1. The van der Waals surface area contributed by atoms with Crippen LogP contribution in [-0.4, -0.2) is 43.5 Å². The lowest BCUT2D eigenvalue weighted by Crippen LogP contribution is -2.46. The Bertz CT molecular complexity index is 670. The molecule has 128 valence electrons. The van der Waals surface area contributed by atoms with Crippen molar-refractivity contribution in [1.82, 2.24) is 4.90 Å². The van der Waals surface area contributed by atoms with Gasteiger partial charge in [-0.2, -0.15) is 0 Å². The van der Waals surface area contributed by atoms with Crippen molar-refractivity contribution in [3.8, 4) is 0 Å². The number of carbonyl (C=O) groups is 1. The SMILES string of the molecule is CCc1ccc(C(=O)Nc2ccc(N3CCN(CC)CC3)cc2)o1. The molecule has 0 aliphatic carbocycles. The average molecular weight is 327 g/mol. The first-order valence-corrected chi connectivity index (χ1v) is 8.67. The Kier molecular flexibility index (Phi) is 5.20. The highest BCUT2D eigenvalue weighted by atomic mass is 16.3. The number of hydrogen-bond donors (Lipinski definition) is 1. The van der Waals surface area contributed by atoms with Crippen LogP contribution in [0.25, 0.3) is 0 Å². The van der Waals surface area contributed by atoms with Crippen LogP contribution in [0.3, 0.4) is 0 Å². The Balaban J connectivity index is 1.59. The molecule has 0 bridgehead atoms. The van der Waals surface area contributed by atoms with E-state index in [1.165, 1.54) is 5.69 Å². The number of piperazine rings is 1. The second-order valence-corrected chi connectivity index (χ2v) is 6.04. The third-order valence-electron chi connectivity index (χ3n) is 4.54. The summed E-state index contributed by atoms with van der Waals surface area (Å²) in [4.78, 5) is 17.0. The van der Waals surface area contributed by atoms with E-state index in [0.29, 0.717) is 5.76 Å². The van der Waals surface area contributed by atoms with E-state index < -0.39 is 0 Å². The quantitative estimate of drug-likeness (QED) is 0.916. The molecule has 2 heterocycles. The lowest BCUT2D eigenvalue weighted by atomic mass is 10.2. The van der Waals surface area contributed by atoms with Crippen molar-refractivity contribution in [2.45, 2.75) is 20.3 Å². The second kappa shape index (κ2) is 7.53. The Morgan fingerprint density at radius 3 is 2.33 bits per heavy atom. The van der Waals surface area contributed by atoms with E-state index in [1.807, 2.05) is 25.1 Å². The zero-order valence-electron chi connectivity index (χ0n) is 14.4. The summed E-state index contributed by atoms with van der Waals surface area (Å²) < 4.78 is 5.48. The summed E-state index contributed by atoms with van der Waals surface area (Å²) in [5, 5.41) is 2.88. The van der Waals surface area contributed by atoms with E-state index in [0.717, 1.165) is 50.6 Å². The molecule has 3 rings (SSSR count). The van der Waals surface area contributed by atoms with Gasteiger partial charge in [-0.25, -0.2) is 0 Å². The predicted octanol–water partition coefficient (Wildman–Crippen LogP) is 3.24. The maximum atomic E-state index is 12.2. The zero-order valence-corrected chi connectivity index (χ0v) is 14.4. The Morgan fingerprint density at radius 1 is 1.04 bits per heavy atom. The minimum Gasteiger partial charge on any atom is -0.456 e. The molecule has 1 saturated heterocycles. The molecule has 1 aliphatic rings. The molecular weight excluding hydrogens is 302 g/mol. The molecule has 1 aromatic heterocycles. The average Bonchev–Trinajstić information content (AvgIpc) is 3.12. The fraction of sp³-hybridized carbons (Fsp3) is 0.421. The van der Waals surface area contributed by atoms with Crippen LogP contribution in [0.15, 0.2) is 40.8 Å². The summed E-state index contributed by atoms with van der Waals surface area (Å²) in [6.45, 7) is 9.62. The van der Waals surface area contributed by atoms with Crippen molar-refractivity contribution < 1.29 is 9.21 Å². The van der Waals surface area contributed by atoms with Gasteiger partial charge in [-0.1, -0.05) is 13.8 Å². The molecule has 2 aromatic rings. The number of carbonyl (C=O) groups excluding carboxylic acids is 1. The van der Waals surface area contributed by atoms with Crippen LogP contribution in [0.5, 0.6) is 0 Å². The van der Waals surface area contributed by atoms with Gasteiger partial charge in [-0.3, -0.25) is 4.79 Å². The van der Waals surface area contributed by atoms with Crippen molar-refractivity contribution in [2.75, 3.05) is 42.9 Å². The lowest BCUT2D eigenvalue weighted by molar-refractivity contribution is 0.0995. The van der Waals surface area contributed by atoms with Crippen LogP contribution in [0.1, 0.15) is 30.2 Å². The number of rotatable bonds is 5. The highest BCUT2D eigenvalue weighted by Crippen LogP contribution is 2.20. The minimum absolute atomic E-state index is 0.209. The topological polar surface area (TPSA) is 48.7 Å². The van der Waals surface area contributed by atoms with E-state index in [2.05, 4.69) is 34.2 Å². The van der Waals surface area contributed by atoms with E-state index in [9.17, 15) is 4.79 Å². The molecule has 0 spiro atoms. The highest BCUT2D eigenvalue weighted by molar-refractivity contribution is 6.02. The monoisotopic (exact) mass is 327 g/mol. The molecule has 24 heavy (non-hydrogen) atoms. The Morgan fingerprint density at radius 2 is 1.75 bits per heavy atom. The van der Waals surface area contributed by atoms with Gasteiger partial charge in [0.2, 0.25) is 0 Å². The summed E-state index contributed by atoms with van der Waals surface area (Å²) in [5.74, 6) is 0.965. The normalized spacial score (nSPS) is 15.5. The Labute approximate surface area is 143 Å². The fourth-order valence-corrected chi connectivity index (χ4v) is 2.96. The molecule has 1 aliphatic heterocycles. The van der Waals surface area contributed by atoms with Crippen molar-refractivity contribution >= 4 is 17.3 Å². The molecule has 5 nitrogen and oxygen atoms in total. The van der Waals surface area contributed by atoms with Crippen molar-refractivity contribution in [3.63, 3.8) is 0 Å². The molecule has 1 aromatic carbocycles. The summed E-state index contributed by atoms with van der Waals surface area (Å²) in [5.41, 5.74) is 1.99. The van der Waals surface area contributed by atoms with Crippen LogP contribution in [0.2, 0.25) is 0 Å². The molecular formula is C19H25N3O2. The van der Waals surface area contributed by atoms with E-state index in [1.54, 1.807) is 6.07 Å². The fourth-order valence-electron chi connectivity index (χ4n) is 2.96. The van der Waals surface area contributed by atoms with Crippen LogP contribution < -0.4 is 10.2 Å². The number of nitrogens with zero attached hydrogens (tertiary/aromatic N) is 2. The van der Waals surface area contributed by atoms with E-state index in [4.69, 9.17) is 4.42 Å². The predicted molar refractivity (Wildman–Crippen MR) is 96.8 cm³/mol. The third kappa shape index (κ3) is 3.79. The van der Waals surface area contributed by atoms with Crippen LogP contribution >= 0.6 is 0 Å². The molecule has 0 atom stereocenters. The van der Waals surface area contributed by atoms with Crippen LogP contribution in [0, 0.1) is 0 Å². The van der Waals surface area contributed by atoms with Crippen LogP contribution in [-0.2, 0) is 6.42 Å². The lowest BCUT2D eigenvalue weighted by Gasteiger charge is -2.35. The molecule has 1 amide bonds. The van der Waals surface area contributed by atoms with Gasteiger partial charge < -0.3 is 19.5 Å². The van der Waals surface area contributed by atoms with E-state index in [-0.39, 0.29) is 5.91 Å². The summed E-state index contributed by atoms with van der Waals surface area (Å²) in [6.07, 6.45) is 0.785. The maximum absolute atomic E-state index is 12.2. The number of amides is 1. The van der Waals surface area contributed by atoms with Gasteiger partial charge in [-0.05, 0) is 42.9 Å². The van der Waals surface area contributed by atoms with Gasteiger partial charge in [-0.15, -0.1) is 0 Å². The van der Waals surface area contributed by atoms with Gasteiger partial charge in [0, 0.05) is 44.0 Å². The molecule has 0 saturated carbocycles. The summed E-state index contributed by atoms with van der Waals surface area (Å²) in [6, 6.07) is 11.6. The number of benzene rings is 1. The molecule has 5 heteroatoms. The van der Waals surface area contributed by atoms with Crippen molar-refractivity contribution in [1.29, 1.82) is 0 Å². The second-order valence-electron chi connectivity index (χ2n) is 6.04. The number of anilines is 2. The van der Waals surface area contributed by atoms with E-state index >= 15 is 0 Å². The minimum atomic E-state index is -0.209. The van der Waals surface area contributed by atoms with Crippen molar-refractivity contribution in [2.24, 2.45) is 0 Å². The van der Waals surface area contributed by atoms with Gasteiger partial charge in [0.15, 0.2) is 5.76 Å². The zero-order chi connectivity index (χ0) is 16.9. The van der Waals surface area contributed by atoms with Gasteiger partial charge >= 0.3 is 0 Å². The summed E-state index contributed by atoms with van der Waals surface area (Å²) >= 11 is 0. The van der Waals surface area contributed by atoms with Gasteiger partial charge in [0.05, 0.1) is 0 Å². The highest BCUT2D eigenvalue weighted by Gasteiger charge is 2.16. The number of furan rings is 1. The number of likely N-dealkylation sites (N-methyl/N-ethyl adjacent to an activating group) is 1. The molecule has 0 radical (unpaired) electrons. The van der Waals surface area contributed by atoms with Gasteiger partial charge in [0.1, 0.15) is 5.76 Å². The van der Waals surface area contributed by atoms with Crippen LogP contribution in [0.4, 0.5) is 11.4 Å². The first-order valence-electron chi connectivity index (χ1n) is 8.67. The Hall–Kier alpha value is -2.27. The molecule has 0 unspecified atom stereocenters. The van der Waals surface area contributed by atoms with Gasteiger partial charge in [0.25, 0.3) is 5.91 Å². The molecule has 1 N–H and O–H groups in total. The third-order valence-corrected chi connectivity index (χ3v) is 4.54.